The maximum Gasteiger partial charge on any atom is 0.159 e. The van der Waals surface area contributed by atoms with Gasteiger partial charge in [-0.3, -0.25) is 0 Å². The lowest BCUT2D eigenvalue weighted by molar-refractivity contribution is 0.744. The number of aromatic nitrogens is 2. The predicted octanol–water partition coefficient (Wildman–Crippen LogP) is 3.89. The number of aryl methyl sites for hydroxylation is 3. The second kappa shape index (κ2) is 6.02. The molecule has 2 aromatic rings. The molecule has 2 rings (SSSR count). The fraction of sp³-hybridized carbons (Fsp3) is 0.375. The van der Waals surface area contributed by atoms with E-state index in [0.29, 0.717) is 6.54 Å². The van der Waals surface area contributed by atoms with E-state index in [9.17, 15) is 0 Å². The molecule has 0 amide bonds. The molecule has 20 heavy (non-hydrogen) atoms. The summed E-state index contributed by atoms with van der Waals surface area (Å²) in [5.74, 6) is 1.06. The fourth-order valence-electron chi connectivity index (χ4n) is 2.42. The van der Waals surface area contributed by atoms with E-state index in [2.05, 4.69) is 57.9 Å². The van der Waals surface area contributed by atoms with Crippen molar-refractivity contribution in [1.29, 1.82) is 0 Å². The Balaban J connectivity index is 2.51. The number of hydrogen-bond acceptors (Lipinski definition) is 3. The van der Waals surface area contributed by atoms with Crippen LogP contribution in [0.1, 0.15) is 35.4 Å². The number of nitrogens with two attached hydrogens (primary N) is 1. The van der Waals surface area contributed by atoms with E-state index in [-0.39, 0.29) is 5.92 Å². The van der Waals surface area contributed by atoms with E-state index in [1.54, 1.807) is 0 Å². The van der Waals surface area contributed by atoms with Gasteiger partial charge in [-0.25, -0.2) is 9.97 Å². The van der Waals surface area contributed by atoms with Crippen molar-refractivity contribution in [2.45, 2.75) is 33.6 Å². The van der Waals surface area contributed by atoms with Crippen LogP contribution in [0.5, 0.6) is 0 Å². The summed E-state index contributed by atoms with van der Waals surface area (Å²) in [7, 11) is 0. The summed E-state index contributed by atoms with van der Waals surface area (Å²) in [6, 6.07) is 6.19. The van der Waals surface area contributed by atoms with Gasteiger partial charge in [0, 0.05) is 21.4 Å². The Morgan fingerprint density at radius 1 is 1.15 bits per heavy atom. The van der Waals surface area contributed by atoms with Gasteiger partial charge in [-0.2, -0.15) is 0 Å². The van der Waals surface area contributed by atoms with Crippen molar-refractivity contribution in [3.63, 3.8) is 0 Å². The average Bonchev–Trinajstić information content (AvgIpc) is 2.40. The first-order chi connectivity index (χ1) is 9.43. The molecule has 0 aliphatic heterocycles. The summed E-state index contributed by atoms with van der Waals surface area (Å²) in [6.45, 7) is 8.85. The highest BCUT2D eigenvalue weighted by atomic mass is 79.9. The zero-order chi connectivity index (χ0) is 14.9. The number of benzene rings is 1. The molecule has 3 nitrogen and oxygen atoms in total. The highest BCUT2D eigenvalue weighted by Gasteiger charge is 2.15. The molecule has 0 aliphatic rings. The lowest BCUT2D eigenvalue weighted by Crippen LogP contribution is -2.14. The minimum Gasteiger partial charge on any atom is -0.330 e. The summed E-state index contributed by atoms with van der Waals surface area (Å²) < 4.78 is 1.08. The second-order valence-corrected chi connectivity index (χ2v) is 6.09. The van der Waals surface area contributed by atoms with Crippen LogP contribution in [-0.4, -0.2) is 16.5 Å². The van der Waals surface area contributed by atoms with Crippen LogP contribution < -0.4 is 5.73 Å². The Morgan fingerprint density at radius 2 is 1.75 bits per heavy atom. The summed E-state index contributed by atoms with van der Waals surface area (Å²) in [6.07, 6.45) is 0. The lowest BCUT2D eigenvalue weighted by Gasteiger charge is -2.16. The molecule has 106 valence electrons. The van der Waals surface area contributed by atoms with Crippen molar-refractivity contribution in [2.24, 2.45) is 5.73 Å². The molecule has 1 aromatic heterocycles. The van der Waals surface area contributed by atoms with Gasteiger partial charge < -0.3 is 5.73 Å². The number of rotatable bonds is 3. The fourth-order valence-corrected chi connectivity index (χ4v) is 2.80. The van der Waals surface area contributed by atoms with Crippen molar-refractivity contribution in [2.75, 3.05) is 6.54 Å². The predicted molar refractivity (Wildman–Crippen MR) is 86.8 cm³/mol. The molecule has 1 atom stereocenters. The third-order valence-corrected chi connectivity index (χ3v) is 4.46. The van der Waals surface area contributed by atoms with Gasteiger partial charge in [0.05, 0.1) is 0 Å². The number of halogens is 1. The molecule has 0 saturated carbocycles. The SMILES string of the molecule is Cc1ccc(-c2nc(C)c(C(C)CN)c(C)n2)cc1Br. The molecular formula is C16H20BrN3. The van der Waals surface area contributed by atoms with E-state index in [1.807, 2.05) is 13.8 Å². The molecule has 0 fully saturated rings. The van der Waals surface area contributed by atoms with Crippen molar-refractivity contribution in [3.8, 4) is 11.4 Å². The Hall–Kier alpha value is -1.26. The van der Waals surface area contributed by atoms with Gasteiger partial charge in [0.2, 0.25) is 0 Å². The van der Waals surface area contributed by atoms with Gasteiger partial charge in [0.1, 0.15) is 0 Å². The quantitative estimate of drug-likeness (QED) is 0.926. The maximum atomic E-state index is 5.77. The third-order valence-electron chi connectivity index (χ3n) is 3.60. The Bertz CT molecular complexity index is 615. The van der Waals surface area contributed by atoms with Gasteiger partial charge in [-0.1, -0.05) is 35.0 Å². The van der Waals surface area contributed by atoms with Gasteiger partial charge in [0.25, 0.3) is 0 Å². The van der Waals surface area contributed by atoms with Gasteiger partial charge in [0.15, 0.2) is 5.82 Å². The van der Waals surface area contributed by atoms with Crippen LogP contribution in [0.3, 0.4) is 0 Å². The zero-order valence-electron chi connectivity index (χ0n) is 12.4. The number of hydrogen-bond donors (Lipinski definition) is 1. The molecule has 0 bridgehead atoms. The minimum atomic E-state index is 0.286. The normalized spacial score (nSPS) is 12.5. The molecule has 0 saturated heterocycles. The van der Waals surface area contributed by atoms with E-state index in [1.165, 1.54) is 11.1 Å². The highest BCUT2D eigenvalue weighted by molar-refractivity contribution is 9.10. The monoisotopic (exact) mass is 333 g/mol. The van der Waals surface area contributed by atoms with Crippen molar-refractivity contribution in [1.82, 2.24) is 9.97 Å². The molecule has 1 unspecified atom stereocenters. The van der Waals surface area contributed by atoms with E-state index < -0.39 is 0 Å². The number of nitrogens with zero attached hydrogens (tertiary/aromatic N) is 2. The largest absolute Gasteiger partial charge is 0.330 e. The van der Waals surface area contributed by atoms with Crippen molar-refractivity contribution in [3.05, 3.63) is 45.2 Å². The van der Waals surface area contributed by atoms with Crippen LogP contribution in [0.25, 0.3) is 11.4 Å². The van der Waals surface area contributed by atoms with Crippen molar-refractivity contribution < 1.29 is 0 Å². The van der Waals surface area contributed by atoms with Gasteiger partial charge >= 0.3 is 0 Å². The first kappa shape index (κ1) is 15.1. The van der Waals surface area contributed by atoms with E-state index in [4.69, 9.17) is 5.73 Å². The molecule has 2 N–H and O–H groups in total. The average molecular weight is 334 g/mol. The van der Waals surface area contributed by atoms with Crippen LogP contribution in [0.2, 0.25) is 0 Å². The molecule has 0 radical (unpaired) electrons. The molecule has 1 aromatic carbocycles. The Morgan fingerprint density at radius 3 is 2.25 bits per heavy atom. The van der Waals surface area contributed by atoms with E-state index >= 15 is 0 Å². The highest BCUT2D eigenvalue weighted by Crippen LogP contribution is 2.26. The standard InChI is InChI=1S/C16H20BrN3/c1-9-5-6-13(7-14(9)17)16-19-11(3)15(10(2)8-18)12(4)20-16/h5-7,10H,8,18H2,1-4H3. The smallest absolute Gasteiger partial charge is 0.159 e. The van der Waals surface area contributed by atoms with E-state index in [0.717, 1.165) is 27.2 Å². The Labute approximate surface area is 128 Å². The van der Waals surface area contributed by atoms with Gasteiger partial charge in [-0.15, -0.1) is 0 Å². The topological polar surface area (TPSA) is 51.8 Å². The third kappa shape index (κ3) is 2.91. The summed E-state index contributed by atoms with van der Waals surface area (Å²) in [4.78, 5) is 9.31. The van der Waals surface area contributed by atoms with Crippen molar-refractivity contribution >= 4 is 15.9 Å². The van der Waals surface area contributed by atoms with Crippen LogP contribution in [0.15, 0.2) is 22.7 Å². The van der Waals surface area contributed by atoms with Crippen LogP contribution in [0.4, 0.5) is 0 Å². The zero-order valence-corrected chi connectivity index (χ0v) is 14.0. The first-order valence-electron chi connectivity index (χ1n) is 6.75. The molecule has 4 heteroatoms. The second-order valence-electron chi connectivity index (χ2n) is 5.23. The Kier molecular flexibility index (Phi) is 4.55. The van der Waals surface area contributed by atoms with Crippen LogP contribution in [0, 0.1) is 20.8 Å². The minimum absolute atomic E-state index is 0.286. The van der Waals surface area contributed by atoms with Crippen LogP contribution >= 0.6 is 15.9 Å². The molecule has 0 spiro atoms. The molecule has 1 heterocycles. The lowest BCUT2D eigenvalue weighted by atomic mass is 9.98. The maximum absolute atomic E-state index is 5.77. The summed E-state index contributed by atoms with van der Waals surface area (Å²) in [5.41, 5.74) is 11.2. The molecule has 0 aliphatic carbocycles. The first-order valence-corrected chi connectivity index (χ1v) is 7.55. The summed E-state index contributed by atoms with van der Waals surface area (Å²) in [5, 5.41) is 0. The van der Waals surface area contributed by atoms with Gasteiger partial charge in [-0.05, 0) is 50.4 Å². The molecular weight excluding hydrogens is 314 g/mol. The van der Waals surface area contributed by atoms with Crippen LogP contribution in [-0.2, 0) is 0 Å². The summed E-state index contributed by atoms with van der Waals surface area (Å²) >= 11 is 3.56.